The summed E-state index contributed by atoms with van der Waals surface area (Å²) in [7, 11) is -3.41. The van der Waals surface area contributed by atoms with E-state index in [2.05, 4.69) is 10.3 Å². The predicted octanol–water partition coefficient (Wildman–Crippen LogP) is 0.876. The molecular formula is C14H22N3O3S+. The third-order valence-electron chi connectivity index (χ3n) is 4.11. The molecule has 1 aliphatic heterocycles. The van der Waals surface area contributed by atoms with Crippen molar-refractivity contribution in [2.24, 2.45) is 0 Å². The minimum atomic E-state index is -3.41. The molecule has 7 heteroatoms. The lowest BCUT2D eigenvalue weighted by atomic mass is 10.2. The summed E-state index contributed by atoms with van der Waals surface area (Å²) in [6.07, 6.45) is 6.47. The van der Waals surface area contributed by atoms with Crippen LogP contribution in [0.5, 0.6) is 0 Å². The lowest BCUT2D eigenvalue weighted by Gasteiger charge is -2.25. The molecule has 1 aliphatic carbocycles. The fourth-order valence-corrected chi connectivity index (χ4v) is 4.26. The number of nitrogens with one attached hydrogen (secondary N) is 2. The minimum Gasteiger partial charge on any atom is -0.379 e. The second-order valence-electron chi connectivity index (χ2n) is 5.58. The SMILES string of the molecule is O=S(=O)(c1ccc(NC2CCCC2)[nH+]c1)N1CCOCC1. The van der Waals surface area contributed by atoms with Crippen LogP contribution in [0.15, 0.2) is 23.2 Å². The van der Waals surface area contributed by atoms with Crippen molar-refractivity contribution in [3.05, 3.63) is 18.3 Å². The highest BCUT2D eigenvalue weighted by Crippen LogP contribution is 2.21. The van der Waals surface area contributed by atoms with Crippen molar-refractivity contribution in [3.63, 3.8) is 0 Å². The van der Waals surface area contributed by atoms with Crippen LogP contribution in [0, 0.1) is 0 Å². The number of rotatable bonds is 4. The maximum Gasteiger partial charge on any atom is 0.272 e. The Balaban J connectivity index is 1.70. The van der Waals surface area contributed by atoms with Gasteiger partial charge in [-0.15, -0.1) is 0 Å². The average molecular weight is 312 g/mol. The topological polar surface area (TPSA) is 72.8 Å². The summed E-state index contributed by atoms with van der Waals surface area (Å²) >= 11 is 0. The molecule has 0 spiro atoms. The van der Waals surface area contributed by atoms with Crippen LogP contribution in [-0.2, 0) is 14.8 Å². The first-order valence-electron chi connectivity index (χ1n) is 7.52. The fraction of sp³-hybridized carbons (Fsp3) is 0.643. The van der Waals surface area contributed by atoms with Gasteiger partial charge in [0.15, 0.2) is 0 Å². The zero-order chi connectivity index (χ0) is 14.7. The molecule has 116 valence electrons. The Morgan fingerprint density at radius 3 is 2.52 bits per heavy atom. The first-order chi connectivity index (χ1) is 10.2. The van der Waals surface area contributed by atoms with Crippen molar-refractivity contribution in [2.45, 2.75) is 36.6 Å². The Morgan fingerprint density at radius 1 is 1.19 bits per heavy atom. The van der Waals surface area contributed by atoms with Gasteiger partial charge in [-0.2, -0.15) is 4.31 Å². The zero-order valence-corrected chi connectivity index (χ0v) is 12.9. The highest BCUT2D eigenvalue weighted by molar-refractivity contribution is 7.89. The van der Waals surface area contributed by atoms with Crippen LogP contribution >= 0.6 is 0 Å². The summed E-state index contributed by atoms with van der Waals surface area (Å²) in [6.45, 7) is 1.77. The van der Waals surface area contributed by atoms with E-state index < -0.39 is 10.0 Å². The molecule has 2 fully saturated rings. The van der Waals surface area contributed by atoms with Crippen LogP contribution in [0.25, 0.3) is 0 Å². The molecule has 0 amide bonds. The van der Waals surface area contributed by atoms with Crippen LogP contribution in [0.3, 0.4) is 0 Å². The fourth-order valence-electron chi connectivity index (χ4n) is 2.89. The first-order valence-corrected chi connectivity index (χ1v) is 8.96. The van der Waals surface area contributed by atoms with E-state index in [9.17, 15) is 8.42 Å². The summed E-state index contributed by atoms with van der Waals surface area (Å²) in [5.74, 6) is 0.878. The van der Waals surface area contributed by atoms with E-state index in [-0.39, 0.29) is 0 Å². The Kier molecular flexibility index (Phi) is 4.42. The van der Waals surface area contributed by atoms with Gasteiger partial charge in [0.2, 0.25) is 10.0 Å². The number of pyridine rings is 1. The average Bonchev–Trinajstić information content (AvgIpc) is 3.02. The molecule has 3 rings (SSSR count). The highest BCUT2D eigenvalue weighted by atomic mass is 32.2. The molecule has 0 radical (unpaired) electrons. The van der Waals surface area contributed by atoms with Crippen molar-refractivity contribution < 1.29 is 18.1 Å². The molecule has 2 N–H and O–H groups in total. The smallest absolute Gasteiger partial charge is 0.272 e. The monoisotopic (exact) mass is 312 g/mol. The summed E-state index contributed by atoms with van der Waals surface area (Å²) in [5.41, 5.74) is 0. The molecule has 0 bridgehead atoms. The van der Waals surface area contributed by atoms with E-state index in [0.29, 0.717) is 37.2 Å². The van der Waals surface area contributed by atoms with Crippen LogP contribution in [-0.4, -0.2) is 45.1 Å². The Hall–Kier alpha value is -1.18. The normalized spacial score (nSPS) is 21.5. The van der Waals surface area contributed by atoms with E-state index in [0.717, 1.165) is 5.82 Å². The van der Waals surface area contributed by atoms with Crippen LogP contribution in [0.2, 0.25) is 0 Å². The lowest BCUT2D eigenvalue weighted by molar-refractivity contribution is -0.364. The van der Waals surface area contributed by atoms with Crippen LogP contribution in [0.4, 0.5) is 5.82 Å². The van der Waals surface area contributed by atoms with Crippen molar-refractivity contribution in [1.29, 1.82) is 0 Å². The molecule has 1 aromatic rings. The summed E-state index contributed by atoms with van der Waals surface area (Å²) in [6, 6.07) is 3.98. The van der Waals surface area contributed by atoms with Gasteiger partial charge < -0.3 is 4.74 Å². The number of aromatic nitrogens is 1. The van der Waals surface area contributed by atoms with E-state index in [1.54, 1.807) is 12.3 Å². The Morgan fingerprint density at radius 2 is 1.90 bits per heavy atom. The highest BCUT2D eigenvalue weighted by Gasteiger charge is 2.27. The maximum atomic E-state index is 12.5. The maximum absolute atomic E-state index is 12.5. The Labute approximate surface area is 125 Å². The van der Waals surface area contributed by atoms with E-state index in [1.807, 2.05) is 6.07 Å². The van der Waals surface area contributed by atoms with Crippen molar-refractivity contribution in [2.75, 3.05) is 31.6 Å². The van der Waals surface area contributed by atoms with Gasteiger partial charge in [-0.25, -0.2) is 13.4 Å². The first kappa shape index (κ1) is 14.7. The number of morpholine rings is 1. The van der Waals surface area contributed by atoms with Crippen molar-refractivity contribution in [3.8, 4) is 0 Å². The van der Waals surface area contributed by atoms with Gasteiger partial charge in [-0.05, 0) is 31.7 Å². The largest absolute Gasteiger partial charge is 0.379 e. The number of H-pyrrole nitrogens is 1. The van der Waals surface area contributed by atoms with E-state index in [4.69, 9.17) is 4.74 Å². The zero-order valence-electron chi connectivity index (χ0n) is 12.0. The number of ether oxygens (including phenoxy) is 1. The van der Waals surface area contributed by atoms with Gasteiger partial charge in [-0.1, -0.05) is 0 Å². The van der Waals surface area contributed by atoms with Gasteiger partial charge >= 0.3 is 0 Å². The molecule has 0 unspecified atom stereocenters. The molecule has 0 aromatic carbocycles. The molecule has 1 saturated carbocycles. The molecule has 21 heavy (non-hydrogen) atoms. The molecule has 0 atom stereocenters. The van der Waals surface area contributed by atoms with Gasteiger partial charge in [0.1, 0.15) is 11.1 Å². The molecule has 1 aromatic heterocycles. The molecule has 1 saturated heterocycles. The number of nitrogens with zero attached hydrogens (tertiary/aromatic N) is 1. The van der Waals surface area contributed by atoms with Gasteiger partial charge in [-0.3, -0.25) is 5.32 Å². The van der Waals surface area contributed by atoms with E-state index in [1.165, 1.54) is 30.0 Å². The Bertz CT molecular complexity index is 562. The third kappa shape index (κ3) is 3.36. The molecule has 6 nitrogen and oxygen atoms in total. The van der Waals surface area contributed by atoms with Gasteiger partial charge in [0, 0.05) is 19.2 Å². The van der Waals surface area contributed by atoms with Crippen molar-refractivity contribution >= 4 is 15.8 Å². The van der Waals surface area contributed by atoms with E-state index >= 15 is 0 Å². The second kappa shape index (κ2) is 6.29. The number of hydrogen-bond donors (Lipinski definition) is 1. The van der Waals surface area contributed by atoms with Crippen LogP contribution < -0.4 is 10.3 Å². The third-order valence-corrected chi connectivity index (χ3v) is 6.00. The molecule has 2 heterocycles. The number of sulfonamides is 1. The number of aromatic amines is 1. The minimum absolute atomic E-state index is 0.307. The van der Waals surface area contributed by atoms with Crippen molar-refractivity contribution in [1.82, 2.24) is 4.31 Å². The summed E-state index contributed by atoms with van der Waals surface area (Å²) < 4.78 is 31.6. The lowest BCUT2D eigenvalue weighted by Crippen LogP contribution is -2.40. The quantitative estimate of drug-likeness (QED) is 0.895. The number of anilines is 1. The summed E-state index contributed by atoms with van der Waals surface area (Å²) in [4.78, 5) is 3.37. The molecular weight excluding hydrogens is 290 g/mol. The summed E-state index contributed by atoms with van der Waals surface area (Å²) in [5, 5.41) is 3.42. The molecule has 2 aliphatic rings. The predicted molar refractivity (Wildman–Crippen MR) is 78.5 cm³/mol. The van der Waals surface area contributed by atoms with Gasteiger partial charge in [0.05, 0.1) is 19.3 Å². The van der Waals surface area contributed by atoms with Gasteiger partial charge in [0.25, 0.3) is 5.82 Å². The standard InChI is InChI=1S/C14H21N3O3S/c18-21(19,17-7-9-20-10-8-17)13-5-6-14(15-11-13)16-12-3-1-2-4-12/h5-6,11-12H,1-4,7-10H2,(H,15,16)/p+1. The van der Waals surface area contributed by atoms with Crippen LogP contribution in [0.1, 0.15) is 25.7 Å². The second-order valence-corrected chi connectivity index (χ2v) is 7.52. The number of hydrogen-bond acceptors (Lipinski definition) is 4.